The Morgan fingerprint density at radius 1 is 0.286 bits per heavy atom. The zero-order chi connectivity index (χ0) is 44.6. The average molecular weight is 855 g/mol. The van der Waals surface area contributed by atoms with Gasteiger partial charge in [0.2, 0.25) is 0 Å². The molecule has 0 bridgehead atoms. The first kappa shape index (κ1) is 52.1. The van der Waals surface area contributed by atoms with Crippen molar-refractivity contribution in [2.75, 3.05) is 11.5 Å². The van der Waals surface area contributed by atoms with Crippen LogP contribution in [0.3, 0.4) is 0 Å². The van der Waals surface area contributed by atoms with Gasteiger partial charge in [-0.2, -0.15) is 0 Å². The molecule has 2 unspecified atom stereocenters. The van der Waals surface area contributed by atoms with Crippen molar-refractivity contribution >= 4 is 11.4 Å². The maximum absolute atomic E-state index is 6.15. The summed E-state index contributed by atoms with van der Waals surface area (Å²) in [6.07, 6.45) is 41.7. The van der Waals surface area contributed by atoms with Gasteiger partial charge in [0.05, 0.1) is 0 Å². The second-order valence-corrected chi connectivity index (χ2v) is 19.7. The van der Waals surface area contributed by atoms with Gasteiger partial charge in [-0.05, 0) is 95.7 Å². The monoisotopic (exact) mass is 855 g/mol. The first-order chi connectivity index (χ1) is 31.0. The number of rotatable bonds is 37. The minimum absolute atomic E-state index is 0.424. The van der Waals surface area contributed by atoms with Gasteiger partial charge >= 0.3 is 0 Å². The zero-order valence-corrected chi connectivity index (χ0v) is 41.0. The van der Waals surface area contributed by atoms with E-state index in [4.69, 9.17) is 11.5 Å². The molecule has 348 valence electrons. The minimum Gasteiger partial charge on any atom is -0.399 e. The van der Waals surface area contributed by atoms with Crippen LogP contribution in [0.1, 0.15) is 252 Å². The summed E-state index contributed by atoms with van der Waals surface area (Å²) in [6.45, 7) is 6.93. The summed E-state index contributed by atoms with van der Waals surface area (Å²) in [4.78, 5) is 0. The number of hydrogen-bond acceptors (Lipinski definition) is 2. The van der Waals surface area contributed by atoms with Gasteiger partial charge in [0.25, 0.3) is 0 Å². The first-order valence-electron chi connectivity index (χ1n) is 26.9. The number of hydrogen-bond donors (Lipinski definition) is 2. The van der Waals surface area contributed by atoms with Crippen LogP contribution in [0.15, 0.2) is 97.1 Å². The lowest BCUT2D eigenvalue weighted by Crippen LogP contribution is -2.10. The molecular weight excluding hydrogens is 761 g/mol. The van der Waals surface area contributed by atoms with Crippen LogP contribution in [0.5, 0.6) is 0 Å². The molecule has 0 saturated carbocycles. The van der Waals surface area contributed by atoms with Crippen molar-refractivity contribution in [3.8, 4) is 0 Å². The highest BCUT2D eigenvalue weighted by atomic mass is 14.5. The summed E-state index contributed by atoms with van der Waals surface area (Å²) in [5.41, 5.74) is 22.7. The van der Waals surface area contributed by atoms with Crippen LogP contribution in [-0.4, -0.2) is 0 Å². The van der Waals surface area contributed by atoms with E-state index in [-0.39, 0.29) is 0 Å². The molecule has 0 radical (unpaired) electrons. The van der Waals surface area contributed by atoms with E-state index in [1.54, 1.807) is 0 Å². The smallest absolute Gasteiger partial charge is 0.0314 e. The van der Waals surface area contributed by atoms with Gasteiger partial charge in [0, 0.05) is 23.2 Å². The lowest BCUT2D eigenvalue weighted by Gasteiger charge is -2.21. The summed E-state index contributed by atoms with van der Waals surface area (Å²) in [7, 11) is 0. The molecular formula is C61H94N2. The molecule has 0 aliphatic heterocycles. The van der Waals surface area contributed by atoms with Crippen molar-refractivity contribution in [1.82, 2.24) is 0 Å². The Labute approximate surface area is 389 Å². The van der Waals surface area contributed by atoms with Crippen molar-refractivity contribution in [2.24, 2.45) is 5.92 Å². The largest absolute Gasteiger partial charge is 0.399 e. The van der Waals surface area contributed by atoms with E-state index < -0.39 is 0 Å². The highest BCUT2D eigenvalue weighted by molar-refractivity contribution is 5.44. The Kier molecular flexibility index (Phi) is 27.3. The predicted octanol–water partition coefficient (Wildman–Crippen LogP) is 18.9. The van der Waals surface area contributed by atoms with Crippen LogP contribution in [0.4, 0.5) is 11.4 Å². The van der Waals surface area contributed by atoms with Crippen molar-refractivity contribution in [3.05, 3.63) is 130 Å². The average Bonchev–Trinajstić information content (AvgIpc) is 3.30. The fourth-order valence-electron chi connectivity index (χ4n) is 10.1. The molecule has 63 heavy (non-hydrogen) atoms. The van der Waals surface area contributed by atoms with Gasteiger partial charge in [-0.25, -0.2) is 0 Å². The molecule has 0 aromatic heterocycles. The molecule has 2 atom stereocenters. The van der Waals surface area contributed by atoms with E-state index in [9.17, 15) is 0 Å². The summed E-state index contributed by atoms with van der Waals surface area (Å²) in [5.74, 6) is 1.49. The van der Waals surface area contributed by atoms with Crippen molar-refractivity contribution < 1.29 is 0 Å². The second-order valence-electron chi connectivity index (χ2n) is 19.7. The molecule has 2 heteroatoms. The Morgan fingerprint density at radius 3 is 0.810 bits per heavy atom. The molecule has 4 aromatic rings. The van der Waals surface area contributed by atoms with Crippen molar-refractivity contribution in [1.29, 1.82) is 0 Å². The minimum atomic E-state index is 0.424. The standard InChI is InChI=1S/C61H94N2/c1-4-7-10-13-16-18-20-22-25-28-31-60(56-41-45-58(62)46-42-56)54-37-33-51(34-38-54)49-53(30-27-24-15-12-9-6-3)50-52-35-39-55(40-36-52)61(57-43-47-59(63)48-44-57)32-29-26-23-21-19-17-14-11-8-5-2/h33-48,53,60-61H,4-32,49-50,62-63H2,1-3H3. The molecule has 0 fully saturated rings. The Bertz CT molecular complexity index is 1540. The van der Waals surface area contributed by atoms with Crippen LogP contribution in [-0.2, 0) is 12.8 Å². The van der Waals surface area contributed by atoms with Crippen LogP contribution in [0.2, 0.25) is 0 Å². The van der Waals surface area contributed by atoms with Crippen LogP contribution in [0.25, 0.3) is 0 Å². The van der Waals surface area contributed by atoms with Gasteiger partial charge < -0.3 is 11.5 Å². The molecule has 4 rings (SSSR count). The van der Waals surface area contributed by atoms with E-state index in [0.717, 1.165) is 24.2 Å². The SMILES string of the molecule is CCCCCCCCCCCCC(c1ccc(N)cc1)c1ccc(CC(CCCCCCCC)Cc2ccc(C(CCCCCCCCCCCC)c3ccc(N)cc3)cc2)cc1. The third-order valence-electron chi connectivity index (χ3n) is 14.1. The van der Waals surface area contributed by atoms with Gasteiger partial charge in [0.15, 0.2) is 0 Å². The lowest BCUT2D eigenvalue weighted by molar-refractivity contribution is 0.445. The maximum Gasteiger partial charge on any atom is 0.0314 e. The van der Waals surface area contributed by atoms with E-state index in [0.29, 0.717) is 17.8 Å². The fourth-order valence-corrected chi connectivity index (χ4v) is 10.1. The molecule has 0 aliphatic rings. The predicted molar refractivity (Wildman–Crippen MR) is 280 cm³/mol. The molecule has 0 aliphatic carbocycles. The second kappa shape index (κ2) is 33.0. The fraction of sp³-hybridized carbons (Fsp3) is 0.607. The zero-order valence-electron chi connectivity index (χ0n) is 41.0. The van der Waals surface area contributed by atoms with Crippen LogP contribution < -0.4 is 11.5 Å². The van der Waals surface area contributed by atoms with Gasteiger partial charge in [0.1, 0.15) is 0 Å². The third kappa shape index (κ3) is 21.8. The number of unbranched alkanes of at least 4 members (excludes halogenated alkanes) is 23. The van der Waals surface area contributed by atoms with E-state index in [2.05, 4.69) is 118 Å². The first-order valence-corrected chi connectivity index (χ1v) is 26.9. The molecule has 0 saturated heterocycles. The Morgan fingerprint density at radius 2 is 0.524 bits per heavy atom. The number of anilines is 2. The number of benzene rings is 4. The van der Waals surface area contributed by atoms with Crippen molar-refractivity contribution in [3.63, 3.8) is 0 Å². The highest BCUT2D eigenvalue weighted by Gasteiger charge is 2.18. The summed E-state index contributed by atoms with van der Waals surface area (Å²) < 4.78 is 0. The summed E-state index contributed by atoms with van der Waals surface area (Å²) in [6, 6.07) is 37.1. The van der Waals surface area contributed by atoms with E-state index >= 15 is 0 Å². The van der Waals surface area contributed by atoms with E-state index in [1.165, 1.54) is 220 Å². The Hall–Kier alpha value is -3.52. The molecule has 0 spiro atoms. The van der Waals surface area contributed by atoms with Gasteiger partial charge in [-0.15, -0.1) is 0 Å². The molecule has 0 heterocycles. The quantitative estimate of drug-likeness (QED) is 0.0351. The molecule has 2 nitrogen and oxygen atoms in total. The number of nitrogen functional groups attached to an aromatic ring is 2. The topological polar surface area (TPSA) is 52.0 Å². The normalized spacial score (nSPS) is 13.0. The van der Waals surface area contributed by atoms with Gasteiger partial charge in [-0.1, -0.05) is 261 Å². The number of nitrogens with two attached hydrogens (primary N) is 2. The lowest BCUT2D eigenvalue weighted by atomic mass is 9.83. The molecule has 4 aromatic carbocycles. The third-order valence-corrected chi connectivity index (χ3v) is 14.1. The molecule has 4 N–H and O–H groups in total. The Balaban J connectivity index is 1.38. The van der Waals surface area contributed by atoms with Crippen LogP contribution >= 0.6 is 0 Å². The highest BCUT2D eigenvalue weighted by Crippen LogP contribution is 2.34. The molecule has 0 amide bonds. The van der Waals surface area contributed by atoms with Crippen molar-refractivity contribution in [2.45, 2.75) is 232 Å². The van der Waals surface area contributed by atoms with Crippen LogP contribution in [0, 0.1) is 5.92 Å². The van der Waals surface area contributed by atoms with Gasteiger partial charge in [-0.3, -0.25) is 0 Å². The van der Waals surface area contributed by atoms with E-state index in [1.807, 2.05) is 0 Å². The maximum atomic E-state index is 6.15. The summed E-state index contributed by atoms with van der Waals surface area (Å²) in [5, 5.41) is 0. The summed E-state index contributed by atoms with van der Waals surface area (Å²) >= 11 is 0.